The Kier molecular flexibility index (Phi) is 12.4. The summed E-state index contributed by atoms with van der Waals surface area (Å²) in [6, 6.07) is 19.0. The van der Waals surface area contributed by atoms with E-state index in [-0.39, 0.29) is 5.92 Å². The molecule has 0 amide bonds. The van der Waals surface area contributed by atoms with E-state index in [1.54, 1.807) is 24.3 Å². The predicted molar refractivity (Wildman–Crippen MR) is 196 cm³/mol. The van der Waals surface area contributed by atoms with Crippen molar-refractivity contribution in [3.8, 4) is 11.5 Å². The molecule has 1 aliphatic heterocycles. The fourth-order valence-corrected chi connectivity index (χ4v) is 8.01. The average Bonchev–Trinajstić information content (AvgIpc) is 3.04. The number of fused-ring (bicyclic) bond motifs is 1. The lowest BCUT2D eigenvalue weighted by Gasteiger charge is -2.38. The fourth-order valence-electron chi connectivity index (χ4n) is 6.35. The maximum Gasteiger partial charge on any atom is 0.203 e. The van der Waals surface area contributed by atoms with Gasteiger partial charge in [-0.2, -0.15) is 0 Å². The van der Waals surface area contributed by atoms with Crippen molar-refractivity contribution in [2.75, 3.05) is 0 Å². The van der Waals surface area contributed by atoms with E-state index in [0.29, 0.717) is 28.7 Å². The number of hydrogen-bond acceptors (Lipinski definition) is 4. The standard InChI is InChI=1S/C42H54O4S/c1-30(2)17-15-18-31(3)19-16-20-32(4)39(47(43,44)37-23-13-10-14-24-37)26-28-42(8)27-25-38-35(7)40(33(5)34(6)41(38)46-42)45-29-36-21-11-9-12-22-36/h9-14,16-17,20-24,26,31-32H,15,18-19,25,27-29H2,1-8H3/b20-16+,39-26?/t31-,32-,42+/m1/s1. The Morgan fingerprint density at radius 2 is 1.60 bits per heavy atom. The molecule has 0 fully saturated rings. The highest BCUT2D eigenvalue weighted by molar-refractivity contribution is 7.95. The molecule has 1 heterocycles. The van der Waals surface area contributed by atoms with Gasteiger partial charge in [-0.3, -0.25) is 0 Å². The summed E-state index contributed by atoms with van der Waals surface area (Å²) in [5.41, 5.74) is 6.41. The minimum absolute atomic E-state index is 0.264. The third-order valence-electron chi connectivity index (χ3n) is 9.51. The van der Waals surface area contributed by atoms with E-state index >= 15 is 0 Å². The molecule has 0 aliphatic carbocycles. The molecule has 0 saturated heterocycles. The van der Waals surface area contributed by atoms with Gasteiger partial charge in [0.15, 0.2) is 0 Å². The van der Waals surface area contributed by atoms with E-state index in [2.05, 4.69) is 78.8 Å². The average molecular weight is 655 g/mol. The molecule has 4 nitrogen and oxygen atoms in total. The second kappa shape index (κ2) is 16.0. The first-order valence-electron chi connectivity index (χ1n) is 17.1. The zero-order chi connectivity index (χ0) is 34.2. The van der Waals surface area contributed by atoms with Crippen molar-refractivity contribution in [2.45, 2.75) is 111 Å². The van der Waals surface area contributed by atoms with E-state index in [1.807, 2.05) is 37.3 Å². The summed E-state index contributed by atoms with van der Waals surface area (Å²) in [7, 11) is -3.69. The molecule has 252 valence electrons. The van der Waals surface area contributed by atoms with Crippen LogP contribution in [0.4, 0.5) is 0 Å². The van der Waals surface area contributed by atoms with Crippen molar-refractivity contribution in [3.63, 3.8) is 0 Å². The number of hydrogen-bond donors (Lipinski definition) is 0. The van der Waals surface area contributed by atoms with E-state index < -0.39 is 15.4 Å². The Labute approximate surface area is 284 Å². The number of rotatable bonds is 14. The molecule has 0 saturated carbocycles. The number of allylic oxidation sites excluding steroid dienone is 5. The number of benzene rings is 3. The Balaban J connectivity index is 1.57. The van der Waals surface area contributed by atoms with Crippen LogP contribution in [0.15, 0.2) is 100 Å². The highest BCUT2D eigenvalue weighted by Gasteiger charge is 2.35. The summed E-state index contributed by atoms with van der Waals surface area (Å²) in [6.45, 7) is 17.5. The highest BCUT2D eigenvalue weighted by atomic mass is 32.2. The van der Waals surface area contributed by atoms with Crippen LogP contribution in [-0.2, 0) is 22.9 Å². The topological polar surface area (TPSA) is 52.6 Å². The number of ether oxygens (including phenoxy) is 2. The lowest BCUT2D eigenvalue weighted by Crippen LogP contribution is -2.37. The van der Waals surface area contributed by atoms with Gasteiger partial charge in [0.05, 0.1) is 9.80 Å². The predicted octanol–water partition coefficient (Wildman–Crippen LogP) is 11.0. The molecule has 3 aromatic rings. The molecular weight excluding hydrogens is 601 g/mol. The Bertz CT molecular complexity index is 1700. The Hall–Kier alpha value is -3.57. The summed E-state index contributed by atoms with van der Waals surface area (Å²) < 4.78 is 41.3. The van der Waals surface area contributed by atoms with Gasteiger partial charge in [0.1, 0.15) is 23.7 Å². The highest BCUT2D eigenvalue weighted by Crippen LogP contribution is 2.45. The molecular formula is C42H54O4S. The molecule has 0 unspecified atom stereocenters. The summed E-state index contributed by atoms with van der Waals surface area (Å²) in [6.07, 6.45) is 13.7. The van der Waals surface area contributed by atoms with Crippen LogP contribution in [0.5, 0.6) is 11.5 Å². The van der Waals surface area contributed by atoms with E-state index in [9.17, 15) is 8.42 Å². The van der Waals surface area contributed by atoms with Crippen molar-refractivity contribution in [1.82, 2.24) is 0 Å². The van der Waals surface area contributed by atoms with E-state index in [1.165, 1.54) is 11.1 Å². The zero-order valence-corrected chi connectivity index (χ0v) is 30.5. The van der Waals surface area contributed by atoms with Crippen LogP contribution in [0.2, 0.25) is 0 Å². The third kappa shape index (κ3) is 9.28. The van der Waals surface area contributed by atoms with Crippen LogP contribution >= 0.6 is 0 Å². The lowest BCUT2D eigenvalue weighted by atomic mass is 9.85. The van der Waals surface area contributed by atoms with Gasteiger partial charge in [-0.15, -0.1) is 0 Å². The Morgan fingerprint density at radius 1 is 0.936 bits per heavy atom. The fraction of sp³-hybridized carbons (Fsp3) is 0.429. The molecule has 0 aromatic heterocycles. The smallest absolute Gasteiger partial charge is 0.203 e. The van der Waals surface area contributed by atoms with Gasteiger partial charge >= 0.3 is 0 Å². The van der Waals surface area contributed by atoms with Crippen LogP contribution in [-0.4, -0.2) is 14.0 Å². The second-order valence-electron chi connectivity index (χ2n) is 13.9. The van der Waals surface area contributed by atoms with Crippen molar-refractivity contribution in [3.05, 3.63) is 123 Å². The minimum Gasteiger partial charge on any atom is -0.488 e. The molecule has 3 aromatic carbocycles. The summed E-state index contributed by atoms with van der Waals surface area (Å²) in [4.78, 5) is 0.758. The summed E-state index contributed by atoms with van der Waals surface area (Å²) >= 11 is 0. The SMILES string of the molecule is CC(C)=CCC[C@@H](C)C/C=C/[C@@H](C)C(=CC[C@]1(C)CCc2c(C)c(OCc3ccccc3)c(C)c(C)c2O1)S(=O)(=O)c1ccccc1. The molecule has 1 aliphatic rings. The van der Waals surface area contributed by atoms with E-state index in [0.717, 1.165) is 65.9 Å². The quantitative estimate of drug-likeness (QED) is 0.162. The molecule has 47 heavy (non-hydrogen) atoms. The zero-order valence-electron chi connectivity index (χ0n) is 29.7. The Morgan fingerprint density at radius 3 is 2.26 bits per heavy atom. The van der Waals surface area contributed by atoms with Crippen molar-refractivity contribution in [1.29, 1.82) is 0 Å². The molecule has 0 radical (unpaired) electrons. The maximum atomic E-state index is 14.0. The van der Waals surface area contributed by atoms with Crippen LogP contribution in [0, 0.1) is 32.6 Å². The van der Waals surface area contributed by atoms with Gasteiger partial charge in [-0.25, -0.2) is 8.42 Å². The molecule has 0 N–H and O–H groups in total. The van der Waals surface area contributed by atoms with Gasteiger partial charge in [0, 0.05) is 17.9 Å². The number of sulfone groups is 1. The molecule has 0 spiro atoms. The summed E-state index contributed by atoms with van der Waals surface area (Å²) in [5, 5.41) is 0. The second-order valence-corrected chi connectivity index (χ2v) is 15.8. The van der Waals surface area contributed by atoms with Crippen LogP contribution in [0.3, 0.4) is 0 Å². The lowest BCUT2D eigenvalue weighted by molar-refractivity contribution is 0.0664. The third-order valence-corrected chi connectivity index (χ3v) is 11.6. The van der Waals surface area contributed by atoms with Crippen molar-refractivity contribution >= 4 is 9.84 Å². The van der Waals surface area contributed by atoms with Gasteiger partial charge in [0.25, 0.3) is 0 Å². The van der Waals surface area contributed by atoms with Crippen molar-refractivity contribution < 1.29 is 17.9 Å². The molecule has 4 rings (SSSR count). The maximum absolute atomic E-state index is 14.0. The molecule has 3 atom stereocenters. The van der Waals surface area contributed by atoms with Gasteiger partial charge in [-0.1, -0.05) is 92.3 Å². The first kappa shape index (κ1) is 36.3. The largest absolute Gasteiger partial charge is 0.488 e. The van der Waals surface area contributed by atoms with Crippen LogP contribution < -0.4 is 9.47 Å². The first-order chi connectivity index (χ1) is 22.3. The van der Waals surface area contributed by atoms with Gasteiger partial charge < -0.3 is 9.47 Å². The minimum atomic E-state index is -3.69. The van der Waals surface area contributed by atoms with Gasteiger partial charge in [-0.05, 0) is 114 Å². The van der Waals surface area contributed by atoms with Crippen LogP contribution in [0.1, 0.15) is 94.5 Å². The first-order valence-corrected chi connectivity index (χ1v) is 18.6. The summed E-state index contributed by atoms with van der Waals surface area (Å²) in [5.74, 6) is 2.11. The van der Waals surface area contributed by atoms with Crippen molar-refractivity contribution in [2.24, 2.45) is 11.8 Å². The van der Waals surface area contributed by atoms with Gasteiger partial charge in [0.2, 0.25) is 9.84 Å². The van der Waals surface area contributed by atoms with Crippen LogP contribution in [0.25, 0.3) is 0 Å². The molecule has 5 heteroatoms. The molecule has 0 bridgehead atoms. The van der Waals surface area contributed by atoms with E-state index in [4.69, 9.17) is 9.47 Å². The monoisotopic (exact) mass is 654 g/mol. The normalized spacial score (nSPS) is 17.9.